The summed E-state index contributed by atoms with van der Waals surface area (Å²) in [5.74, 6) is 4.19. The lowest BCUT2D eigenvalue weighted by Crippen LogP contribution is -2.68. The van der Waals surface area contributed by atoms with Gasteiger partial charge in [0, 0.05) is 67.7 Å². The summed E-state index contributed by atoms with van der Waals surface area (Å²) >= 11 is 2.11. The first-order chi connectivity index (χ1) is 13.1. The molecule has 154 valence electrons. The fourth-order valence-electron chi connectivity index (χ4n) is 6.06. The van der Waals surface area contributed by atoms with Crippen molar-refractivity contribution in [3.05, 3.63) is 0 Å². The van der Waals surface area contributed by atoms with E-state index < -0.39 is 0 Å². The normalized spacial score (nSPS) is 36.0. The molecule has 0 aromatic carbocycles. The van der Waals surface area contributed by atoms with Gasteiger partial charge in [-0.05, 0) is 19.3 Å². The van der Waals surface area contributed by atoms with E-state index in [-0.39, 0.29) is 5.41 Å². The van der Waals surface area contributed by atoms with Crippen molar-refractivity contribution < 1.29 is 4.74 Å². The second-order valence-electron chi connectivity index (χ2n) is 9.50. The van der Waals surface area contributed by atoms with Crippen LogP contribution in [0.3, 0.4) is 0 Å². The average molecular weight is 395 g/mol. The molecule has 0 aromatic rings. The van der Waals surface area contributed by atoms with Gasteiger partial charge in [-0.15, -0.1) is 0 Å². The van der Waals surface area contributed by atoms with Crippen molar-refractivity contribution in [3.8, 4) is 0 Å². The average Bonchev–Trinajstić information content (AvgIpc) is 3.17. The number of fused-ring (bicyclic) bond motifs is 1. The first kappa shape index (κ1) is 19.8. The molecule has 0 radical (unpaired) electrons. The van der Waals surface area contributed by atoms with Gasteiger partial charge < -0.3 is 15.4 Å². The van der Waals surface area contributed by atoms with Crippen molar-refractivity contribution in [2.75, 3.05) is 44.8 Å². The van der Waals surface area contributed by atoms with Gasteiger partial charge in [0.15, 0.2) is 5.96 Å². The standard InChI is InChI=1S/C21H38N4OS/c1-20(2)17(16-7-12-26-18(16)20)24-19(22-3)23-15-21(8-5-4-6-9-21)25-10-13-27-14-11-25/h16-18H,4-15H2,1-3H3,(H2,22,23,24). The Labute approximate surface area is 169 Å². The third kappa shape index (κ3) is 3.74. The quantitative estimate of drug-likeness (QED) is 0.567. The zero-order valence-corrected chi connectivity index (χ0v) is 18.2. The zero-order chi connectivity index (χ0) is 18.9. The van der Waals surface area contributed by atoms with Gasteiger partial charge in [0.1, 0.15) is 0 Å². The minimum absolute atomic E-state index is 0.186. The molecule has 4 rings (SSSR count). The van der Waals surface area contributed by atoms with E-state index >= 15 is 0 Å². The number of guanidine groups is 1. The van der Waals surface area contributed by atoms with Gasteiger partial charge in [0.25, 0.3) is 0 Å². The third-order valence-electron chi connectivity index (χ3n) is 7.67. The Morgan fingerprint density at radius 3 is 2.63 bits per heavy atom. The number of thioether (sulfide) groups is 1. The van der Waals surface area contributed by atoms with Crippen LogP contribution >= 0.6 is 11.8 Å². The second-order valence-corrected chi connectivity index (χ2v) is 10.7. The number of nitrogens with zero attached hydrogens (tertiary/aromatic N) is 2. The van der Waals surface area contributed by atoms with Crippen LogP contribution < -0.4 is 10.6 Å². The van der Waals surface area contributed by atoms with Crippen molar-refractivity contribution in [2.24, 2.45) is 16.3 Å². The Hall–Kier alpha value is -0.460. The summed E-state index contributed by atoms with van der Waals surface area (Å²) < 4.78 is 5.95. The summed E-state index contributed by atoms with van der Waals surface area (Å²) in [5, 5.41) is 7.50. The Bertz CT molecular complexity index is 540. The molecule has 2 aliphatic carbocycles. The highest BCUT2D eigenvalue weighted by molar-refractivity contribution is 7.99. The third-order valence-corrected chi connectivity index (χ3v) is 8.61. The predicted octanol–water partition coefficient (Wildman–Crippen LogP) is 2.72. The number of aliphatic imine (C=N–C) groups is 1. The van der Waals surface area contributed by atoms with E-state index in [0.29, 0.717) is 23.6 Å². The SMILES string of the molecule is CN=C(NCC1(N2CCSCC2)CCCCC1)NC1C2CCOC2C1(C)C. The Balaban J connectivity index is 1.39. The van der Waals surface area contributed by atoms with Gasteiger partial charge in [0.05, 0.1) is 6.10 Å². The van der Waals surface area contributed by atoms with E-state index in [0.717, 1.165) is 19.1 Å². The van der Waals surface area contributed by atoms with E-state index in [1.165, 1.54) is 63.1 Å². The van der Waals surface area contributed by atoms with Crippen LogP contribution in [0.15, 0.2) is 4.99 Å². The fraction of sp³-hybridized carbons (Fsp3) is 0.952. The maximum atomic E-state index is 5.95. The molecule has 2 N–H and O–H groups in total. The van der Waals surface area contributed by atoms with E-state index in [4.69, 9.17) is 4.74 Å². The van der Waals surface area contributed by atoms with Crippen molar-refractivity contribution in [3.63, 3.8) is 0 Å². The summed E-state index contributed by atoms with van der Waals surface area (Å²) in [6.07, 6.45) is 8.39. The summed E-state index contributed by atoms with van der Waals surface area (Å²) in [6, 6.07) is 0.463. The molecule has 4 aliphatic rings. The Morgan fingerprint density at radius 1 is 1.19 bits per heavy atom. The molecule has 3 unspecified atom stereocenters. The minimum Gasteiger partial charge on any atom is -0.377 e. The highest BCUT2D eigenvalue weighted by Crippen LogP contribution is 2.52. The minimum atomic E-state index is 0.186. The zero-order valence-electron chi connectivity index (χ0n) is 17.4. The van der Waals surface area contributed by atoms with Crippen LogP contribution in [-0.4, -0.2) is 73.3 Å². The first-order valence-electron chi connectivity index (χ1n) is 11.0. The monoisotopic (exact) mass is 394 g/mol. The van der Waals surface area contributed by atoms with E-state index in [1.54, 1.807) is 0 Å². The van der Waals surface area contributed by atoms with Crippen LogP contribution in [-0.2, 0) is 4.74 Å². The number of hydrogen-bond acceptors (Lipinski definition) is 4. The Kier molecular flexibility index (Phi) is 5.96. The largest absolute Gasteiger partial charge is 0.377 e. The number of hydrogen-bond donors (Lipinski definition) is 2. The van der Waals surface area contributed by atoms with Crippen LogP contribution in [0.1, 0.15) is 52.4 Å². The topological polar surface area (TPSA) is 48.9 Å². The molecule has 0 aromatic heterocycles. The molecule has 2 heterocycles. The first-order valence-corrected chi connectivity index (χ1v) is 12.1. The molecule has 27 heavy (non-hydrogen) atoms. The highest BCUT2D eigenvalue weighted by Gasteiger charge is 2.59. The van der Waals surface area contributed by atoms with E-state index in [2.05, 4.69) is 46.1 Å². The Morgan fingerprint density at radius 2 is 1.93 bits per heavy atom. The smallest absolute Gasteiger partial charge is 0.191 e. The van der Waals surface area contributed by atoms with Crippen LogP contribution in [0.25, 0.3) is 0 Å². The van der Waals surface area contributed by atoms with Gasteiger partial charge in [-0.3, -0.25) is 9.89 Å². The molecule has 3 atom stereocenters. The molecule has 2 aliphatic heterocycles. The lowest BCUT2D eigenvalue weighted by molar-refractivity contribution is -0.106. The van der Waals surface area contributed by atoms with Crippen LogP contribution in [0, 0.1) is 11.3 Å². The number of nitrogens with one attached hydrogen (secondary N) is 2. The fourth-order valence-corrected chi connectivity index (χ4v) is 6.96. The molecule has 5 nitrogen and oxygen atoms in total. The molecule has 0 amide bonds. The van der Waals surface area contributed by atoms with Gasteiger partial charge >= 0.3 is 0 Å². The molecular formula is C21H38N4OS. The van der Waals surface area contributed by atoms with Crippen LogP contribution in [0.2, 0.25) is 0 Å². The van der Waals surface area contributed by atoms with Crippen molar-refractivity contribution in [1.82, 2.24) is 15.5 Å². The van der Waals surface area contributed by atoms with Gasteiger partial charge in [-0.1, -0.05) is 33.1 Å². The van der Waals surface area contributed by atoms with E-state index in [9.17, 15) is 0 Å². The van der Waals surface area contributed by atoms with Crippen molar-refractivity contribution in [2.45, 2.75) is 70.1 Å². The molecule has 2 saturated heterocycles. The number of rotatable bonds is 4. The molecule has 0 bridgehead atoms. The second kappa shape index (κ2) is 8.11. The summed E-state index contributed by atoms with van der Waals surface area (Å²) in [6.45, 7) is 9.09. The highest BCUT2D eigenvalue weighted by atomic mass is 32.2. The molecule has 2 saturated carbocycles. The van der Waals surface area contributed by atoms with Gasteiger partial charge in [-0.25, -0.2) is 0 Å². The summed E-state index contributed by atoms with van der Waals surface area (Å²) in [5.41, 5.74) is 0.510. The predicted molar refractivity (Wildman–Crippen MR) is 115 cm³/mol. The number of ether oxygens (including phenoxy) is 1. The summed E-state index contributed by atoms with van der Waals surface area (Å²) in [7, 11) is 1.91. The van der Waals surface area contributed by atoms with E-state index in [1.807, 2.05) is 7.05 Å². The van der Waals surface area contributed by atoms with Crippen LogP contribution in [0.5, 0.6) is 0 Å². The van der Waals surface area contributed by atoms with Crippen molar-refractivity contribution >= 4 is 17.7 Å². The molecule has 0 spiro atoms. The molecule has 4 fully saturated rings. The summed E-state index contributed by atoms with van der Waals surface area (Å²) in [4.78, 5) is 7.37. The van der Waals surface area contributed by atoms with Gasteiger partial charge in [0.2, 0.25) is 0 Å². The maximum Gasteiger partial charge on any atom is 0.191 e. The van der Waals surface area contributed by atoms with Crippen molar-refractivity contribution in [1.29, 1.82) is 0 Å². The maximum absolute atomic E-state index is 5.95. The lowest BCUT2D eigenvalue weighted by Gasteiger charge is -2.55. The van der Waals surface area contributed by atoms with Gasteiger partial charge in [-0.2, -0.15) is 11.8 Å². The molecule has 6 heteroatoms. The molecular weight excluding hydrogens is 356 g/mol. The lowest BCUT2D eigenvalue weighted by atomic mass is 9.57. The van der Waals surface area contributed by atoms with Crippen LogP contribution in [0.4, 0.5) is 0 Å².